The lowest BCUT2D eigenvalue weighted by molar-refractivity contribution is -0.609. The Morgan fingerprint density at radius 3 is 2.34 bits per heavy atom. The maximum Gasteiger partial charge on any atom is 0.347 e. The van der Waals surface area contributed by atoms with E-state index in [1.807, 2.05) is 0 Å². The SMILES string of the molecule is O=[N+]([O-])c1ccc(-[n+]2ccc(-c3ccncc3)cc2CC2(P(=O)(O)O)C=CC=CC2)c([N+](=O)[O-])c1. The van der Waals surface area contributed by atoms with Crippen LogP contribution in [-0.4, -0.2) is 29.8 Å². The quantitative estimate of drug-likeness (QED) is 0.216. The van der Waals surface area contributed by atoms with Crippen molar-refractivity contribution in [2.45, 2.75) is 18.0 Å². The number of aromatic nitrogens is 2. The zero-order valence-electron chi connectivity index (χ0n) is 18.2. The van der Waals surface area contributed by atoms with Crippen molar-refractivity contribution in [3.63, 3.8) is 0 Å². The van der Waals surface area contributed by atoms with Crippen molar-refractivity contribution in [2.75, 3.05) is 0 Å². The lowest BCUT2D eigenvalue weighted by atomic mass is 9.92. The van der Waals surface area contributed by atoms with E-state index < -0.39 is 34.0 Å². The number of nitrogens with zero attached hydrogens (tertiary/aromatic N) is 4. The fourth-order valence-electron chi connectivity index (χ4n) is 4.04. The monoisotopic (exact) mass is 495 g/mol. The van der Waals surface area contributed by atoms with Crippen LogP contribution in [0.15, 0.2) is 85.4 Å². The highest BCUT2D eigenvalue weighted by atomic mass is 31.2. The fraction of sp³-hybridized carbons (Fsp3) is 0.130. The van der Waals surface area contributed by atoms with Gasteiger partial charge in [-0.05, 0) is 29.7 Å². The maximum absolute atomic E-state index is 12.6. The smallest absolute Gasteiger partial charge is 0.324 e. The van der Waals surface area contributed by atoms with E-state index in [0.717, 1.165) is 17.7 Å². The van der Waals surface area contributed by atoms with Crippen LogP contribution in [0.2, 0.25) is 0 Å². The van der Waals surface area contributed by atoms with Crippen LogP contribution >= 0.6 is 7.60 Å². The molecule has 0 spiro atoms. The molecule has 2 N–H and O–H groups in total. The average molecular weight is 495 g/mol. The Morgan fingerprint density at radius 2 is 1.74 bits per heavy atom. The van der Waals surface area contributed by atoms with E-state index in [9.17, 15) is 34.6 Å². The summed E-state index contributed by atoms with van der Waals surface area (Å²) in [7, 11) is -4.67. The number of hydrogen-bond donors (Lipinski definition) is 2. The molecule has 178 valence electrons. The van der Waals surface area contributed by atoms with Gasteiger partial charge in [0.25, 0.3) is 11.4 Å². The minimum absolute atomic E-state index is 0.0353. The van der Waals surface area contributed by atoms with Gasteiger partial charge in [0.05, 0.1) is 16.3 Å². The Kier molecular flexibility index (Phi) is 6.40. The van der Waals surface area contributed by atoms with Crippen molar-refractivity contribution in [3.8, 4) is 16.8 Å². The number of nitro benzene ring substituents is 2. The van der Waals surface area contributed by atoms with Crippen LogP contribution in [-0.2, 0) is 11.0 Å². The third-order valence-corrected chi connectivity index (χ3v) is 7.52. The van der Waals surface area contributed by atoms with Crippen molar-refractivity contribution >= 4 is 19.0 Å². The second-order valence-electron chi connectivity index (χ2n) is 8.02. The number of rotatable bonds is 7. The lowest BCUT2D eigenvalue weighted by Gasteiger charge is -2.31. The van der Waals surface area contributed by atoms with Crippen LogP contribution < -0.4 is 4.57 Å². The summed E-state index contributed by atoms with van der Waals surface area (Å²) in [6.07, 6.45) is 11.0. The molecular weight excluding hydrogens is 475 g/mol. The highest BCUT2D eigenvalue weighted by Gasteiger charge is 2.47. The third-order valence-electron chi connectivity index (χ3n) is 5.87. The summed E-state index contributed by atoms with van der Waals surface area (Å²) in [5, 5.41) is 21.4. The normalized spacial score (nSPS) is 17.3. The van der Waals surface area contributed by atoms with E-state index in [2.05, 4.69) is 4.98 Å². The zero-order valence-corrected chi connectivity index (χ0v) is 19.1. The van der Waals surface area contributed by atoms with Gasteiger partial charge in [-0.1, -0.05) is 24.3 Å². The summed E-state index contributed by atoms with van der Waals surface area (Å²) >= 11 is 0. The Bertz CT molecular complexity index is 1420. The van der Waals surface area contributed by atoms with E-state index in [4.69, 9.17) is 0 Å². The molecule has 11 nitrogen and oxygen atoms in total. The Labute approximate surface area is 199 Å². The van der Waals surface area contributed by atoms with Gasteiger partial charge in [0, 0.05) is 36.7 Å². The predicted molar refractivity (Wildman–Crippen MR) is 126 cm³/mol. The Morgan fingerprint density at radius 1 is 1.00 bits per heavy atom. The van der Waals surface area contributed by atoms with Crippen LogP contribution in [0.1, 0.15) is 12.1 Å². The van der Waals surface area contributed by atoms with Crippen LogP contribution in [0.5, 0.6) is 0 Å². The molecule has 0 saturated carbocycles. The van der Waals surface area contributed by atoms with Gasteiger partial charge in [0.1, 0.15) is 11.2 Å². The number of benzene rings is 1. The maximum atomic E-state index is 12.6. The summed E-state index contributed by atoms with van der Waals surface area (Å²) < 4.78 is 14.1. The molecule has 0 amide bonds. The van der Waals surface area contributed by atoms with E-state index in [-0.39, 0.29) is 18.5 Å². The molecule has 1 unspecified atom stereocenters. The highest BCUT2D eigenvalue weighted by Crippen LogP contribution is 2.56. The first-order valence-electron chi connectivity index (χ1n) is 10.4. The molecule has 12 heteroatoms. The number of non-ortho nitro benzene ring substituents is 1. The van der Waals surface area contributed by atoms with E-state index in [0.29, 0.717) is 11.3 Å². The molecule has 1 aliphatic carbocycles. The van der Waals surface area contributed by atoms with Crippen molar-refractivity contribution in [3.05, 3.63) is 111 Å². The lowest BCUT2D eigenvalue weighted by Crippen LogP contribution is -2.41. The third kappa shape index (κ3) is 4.78. The van der Waals surface area contributed by atoms with Gasteiger partial charge in [0.15, 0.2) is 11.9 Å². The van der Waals surface area contributed by atoms with Gasteiger partial charge in [-0.3, -0.25) is 29.8 Å². The molecule has 1 atom stereocenters. The summed E-state index contributed by atoms with van der Waals surface area (Å²) in [4.78, 5) is 46.1. The van der Waals surface area contributed by atoms with Gasteiger partial charge in [0.2, 0.25) is 0 Å². The first-order chi connectivity index (χ1) is 16.6. The number of pyridine rings is 2. The minimum atomic E-state index is -4.67. The number of allylic oxidation sites excluding steroid dienone is 4. The first-order valence-corrected chi connectivity index (χ1v) is 12.0. The van der Waals surface area contributed by atoms with Crippen LogP contribution in [0.3, 0.4) is 0 Å². The molecule has 0 aliphatic heterocycles. The van der Waals surface area contributed by atoms with Crippen LogP contribution in [0, 0.1) is 20.2 Å². The van der Waals surface area contributed by atoms with Gasteiger partial charge in [-0.2, -0.15) is 4.57 Å². The second kappa shape index (κ2) is 9.30. The highest BCUT2D eigenvalue weighted by molar-refractivity contribution is 7.53. The molecule has 1 aromatic carbocycles. The van der Waals surface area contributed by atoms with Gasteiger partial charge in [-0.15, -0.1) is 0 Å². The Balaban J connectivity index is 1.94. The molecule has 4 rings (SSSR count). The van der Waals surface area contributed by atoms with E-state index in [1.165, 1.54) is 16.7 Å². The molecule has 3 aromatic rings. The second-order valence-corrected chi connectivity index (χ2v) is 9.99. The minimum Gasteiger partial charge on any atom is -0.324 e. The molecule has 0 saturated heterocycles. The molecule has 0 radical (unpaired) electrons. The largest absolute Gasteiger partial charge is 0.347 e. The Hall–Kier alpha value is -4.05. The fourth-order valence-corrected chi connectivity index (χ4v) is 5.03. The van der Waals surface area contributed by atoms with Gasteiger partial charge >= 0.3 is 13.3 Å². The summed E-state index contributed by atoms with van der Waals surface area (Å²) in [6.45, 7) is 0. The molecule has 2 aromatic heterocycles. The van der Waals surface area contributed by atoms with E-state index >= 15 is 0 Å². The van der Waals surface area contributed by atoms with Gasteiger partial charge < -0.3 is 9.79 Å². The summed E-state index contributed by atoms with van der Waals surface area (Å²) in [6, 6.07) is 10.2. The number of hydrogen-bond acceptors (Lipinski definition) is 6. The van der Waals surface area contributed by atoms with Crippen molar-refractivity contribution in [1.82, 2.24) is 4.98 Å². The van der Waals surface area contributed by atoms with Gasteiger partial charge in [-0.25, -0.2) is 0 Å². The van der Waals surface area contributed by atoms with E-state index in [1.54, 1.807) is 61.1 Å². The molecule has 0 bridgehead atoms. The summed E-state index contributed by atoms with van der Waals surface area (Å²) in [5.41, 5.74) is 0.956. The van der Waals surface area contributed by atoms with Crippen LogP contribution in [0.4, 0.5) is 11.4 Å². The topological polar surface area (TPSA) is 161 Å². The van der Waals surface area contributed by atoms with Crippen molar-refractivity contribution in [2.24, 2.45) is 0 Å². The van der Waals surface area contributed by atoms with Crippen molar-refractivity contribution in [1.29, 1.82) is 0 Å². The molecular formula is C23H20N4O7P+. The zero-order chi connectivity index (χ0) is 25.2. The standard InChI is InChI=1S/C23H19N4O7P/c28-26(29)19-4-5-21(22(15-19)27(30)31)25-13-8-18(17-6-11-24-12-7-17)14-20(25)16-23(35(32,33)34)9-2-1-3-10-23/h1-9,11-15H,10,16H2,(H-,32,33,34)/p+1. The predicted octanol–water partition coefficient (Wildman–Crippen LogP) is 3.82. The molecule has 1 aliphatic rings. The molecule has 2 heterocycles. The summed E-state index contributed by atoms with van der Waals surface area (Å²) in [5.74, 6) is 0. The molecule has 0 fully saturated rings. The number of nitro groups is 2. The average Bonchev–Trinajstić information content (AvgIpc) is 2.84. The molecule has 35 heavy (non-hydrogen) atoms. The van der Waals surface area contributed by atoms with Crippen LogP contribution in [0.25, 0.3) is 16.8 Å². The van der Waals surface area contributed by atoms with Crippen molar-refractivity contribution < 1.29 is 28.8 Å². The first kappa shape index (κ1) is 24.1.